The fourth-order valence-corrected chi connectivity index (χ4v) is 4.00. The summed E-state index contributed by atoms with van der Waals surface area (Å²) >= 11 is 6.40. The molecule has 1 amide bonds. The number of aldehydes is 1. The number of thiocarbonyl (C=S) groups is 1. The number of fused-ring (bicyclic) bond motifs is 1. The normalized spacial score (nSPS) is 20.5. The lowest BCUT2D eigenvalue weighted by Crippen LogP contribution is -2.27. The lowest BCUT2D eigenvalue weighted by atomic mass is 10.2. The van der Waals surface area contributed by atoms with Crippen molar-refractivity contribution in [2.75, 3.05) is 18.0 Å². The van der Waals surface area contributed by atoms with Crippen molar-refractivity contribution in [1.29, 1.82) is 0 Å². The maximum absolute atomic E-state index is 12.3. The highest BCUT2D eigenvalue weighted by Gasteiger charge is 2.32. The molecule has 0 N–H and O–H groups in total. The average molecular weight is 360 g/mol. The Bertz CT molecular complexity index is 786. The van der Waals surface area contributed by atoms with E-state index in [0.29, 0.717) is 45.8 Å². The number of benzene rings is 1. The van der Waals surface area contributed by atoms with E-state index in [1.54, 1.807) is 6.08 Å². The van der Waals surface area contributed by atoms with Gasteiger partial charge in [-0.15, -0.1) is 0 Å². The number of thioether (sulfide) groups is 1. The number of anilines is 1. The molecule has 1 aromatic carbocycles. The predicted molar refractivity (Wildman–Crippen MR) is 98.8 cm³/mol. The van der Waals surface area contributed by atoms with Crippen molar-refractivity contribution in [2.45, 2.75) is 13.8 Å². The first-order chi connectivity index (χ1) is 11.6. The first kappa shape index (κ1) is 16.7. The van der Waals surface area contributed by atoms with Crippen molar-refractivity contribution < 1.29 is 14.3 Å². The molecule has 24 heavy (non-hydrogen) atoms. The molecule has 2 heterocycles. The summed E-state index contributed by atoms with van der Waals surface area (Å²) in [6, 6.07) is 7.58. The van der Waals surface area contributed by atoms with Gasteiger partial charge in [-0.2, -0.15) is 0 Å². The molecule has 124 valence electrons. The Hall–Kier alpha value is -2.12. The number of likely N-dealkylation sites (N-methyl/N-ethyl adjacent to an activating group) is 1. The van der Waals surface area contributed by atoms with Gasteiger partial charge in [0.25, 0.3) is 5.91 Å². The maximum atomic E-state index is 12.3. The summed E-state index contributed by atoms with van der Waals surface area (Å²) in [7, 11) is 0. The minimum Gasteiger partial charge on any atom is -0.438 e. The molecule has 0 aromatic heterocycles. The zero-order valence-electron chi connectivity index (χ0n) is 13.3. The molecule has 3 rings (SSSR count). The summed E-state index contributed by atoms with van der Waals surface area (Å²) in [6.45, 7) is 5.00. The molecule has 2 aliphatic heterocycles. The maximum Gasteiger partial charge on any atom is 0.266 e. The van der Waals surface area contributed by atoms with Gasteiger partial charge < -0.3 is 9.64 Å². The largest absolute Gasteiger partial charge is 0.438 e. The van der Waals surface area contributed by atoms with Crippen LogP contribution in [0.1, 0.15) is 13.8 Å². The van der Waals surface area contributed by atoms with E-state index in [1.165, 1.54) is 16.7 Å². The molecule has 0 bridgehead atoms. The molecule has 0 radical (unpaired) electrons. The Labute approximate surface area is 149 Å². The zero-order valence-corrected chi connectivity index (χ0v) is 14.9. The molecule has 0 spiro atoms. The van der Waals surface area contributed by atoms with E-state index in [4.69, 9.17) is 17.0 Å². The summed E-state index contributed by atoms with van der Waals surface area (Å²) < 4.78 is 6.36. The second-order valence-electron chi connectivity index (χ2n) is 5.12. The third kappa shape index (κ3) is 2.74. The molecular formula is C17H16N2O3S2. The molecule has 1 fully saturated rings. The third-order valence-corrected chi connectivity index (χ3v) is 5.15. The van der Waals surface area contributed by atoms with Gasteiger partial charge >= 0.3 is 0 Å². The van der Waals surface area contributed by atoms with E-state index < -0.39 is 0 Å². The van der Waals surface area contributed by atoms with Gasteiger partial charge in [-0.1, -0.05) is 36.1 Å². The second kappa shape index (κ2) is 6.78. The quantitative estimate of drug-likeness (QED) is 0.467. The number of amides is 1. The first-order valence-corrected chi connectivity index (χ1v) is 8.82. The van der Waals surface area contributed by atoms with Crippen LogP contribution < -0.4 is 9.64 Å². The number of allylic oxidation sites excluding steroid dienone is 2. The minimum atomic E-state index is -0.175. The van der Waals surface area contributed by atoms with E-state index in [-0.39, 0.29) is 5.91 Å². The van der Waals surface area contributed by atoms with Crippen LogP contribution in [0.4, 0.5) is 5.69 Å². The van der Waals surface area contributed by atoms with Crippen molar-refractivity contribution in [3.63, 3.8) is 0 Å². The molecule has 0 unspecified atom stereocenters. The molecule has 0 atom stereocenters. The molecule has 5 nitrogen and oxygen atoms in total. The summed E-state index contributed by atoms with van der Waals surface area (Å²) in [5.74, 6) is 0.963. The number of para-hydroxylation sites is 2. The predicted octanol–water partition coefficient (Wildman–Crippen LogP) is 3.08. The number of ether oxygens (including phenoxy) is 1. The van der Waals surface area contributed by atoms with Crippen LogP contribution >= 0.6 is 24.0 Å². The van der Waals surface area contributed by atoms with Crippen molar-refractivity contribution in [2.24, 2.45) is 0 Å². The number of carbonyl (C=O) groups excluding carboxylic acids is 2. The molecule has 7 heteroatoms. The first-order valence-electron chi connectivity index (χ1n) is 7.59. The van der Waals surface area contributed by atoms with Gasteiger partial charge in [0.15, 0.2) is 12.0 Å². The number of nitrogens with zero attached hydrogens (tertiary/aromatic N) is 2. The van der Waals surface area contributed by atoms with Crippen LogP contribution in [0.5, 0.6) is 5.75 Å². The van der Waals surface area contributed by atoms with Crippen LogP contribution in [0, 0.1) is 0 Å². The lowest BCUT2D eigenvalue weighted by Gasteiger charge is -2.16. The Morgan fingerprint density at radius 2 is 1.96 bits per heavy atom. The topological polar surface area (TPSA) is 49.9 Å². The molecule has 2 aliphatic rings. The fourth-order valence-electron chi connectivity index (χ4n) is 2.62. The third-order valence-electron chi connectivity index (χ3n) is 3.77. The Morgan fingerprint density at radius 3 is 2.58 bits per heavy atom. The van der Waals surface area contributed by atoms with Crippen LogP contribution in [-0.2, 0) is 9.59 Å². The Kier molecular flexibility index (Phi) is 4.73. The summed E-state index contributed by atoms with van der Waals surface area (Å²) in [4.78, 5) is 27.9. The number of carbonyl (C=O) groups is 2. The van der Waals surface area contributed by atoms with Crippen LogP contribution in [0.25, 0.3) is 0 Å². The molecule has 0 aliphatic carbocycles. The van der Waals surface area contributed by atoms with Gasteiger partial charge in [0.2, 0.25) is 5.88 Å². The van der Waals surface area contributed by atoms with Crippen molar-refractivity contribution in [3.05, 3.63) is 46.7 Å². The number of hydrogen-bond donors (Lipinski definition) is 0. The average Bonchev–Trinajstić information content (AvgIpc) is 3.09. The lowest BCUT2D eigenvalue weighted by molar-refractivity contribution is -0.122. The van der Waals surface area contributed by atoms with E-state index in [9.17, 15) is 9.59 Å². The van der Waals surface area contributed by atoms with E-state index in [0.717, 1.165) is 5.69 Å². The van der Waals surface area contributed by atoms with Crippen LogP contribution in [-0.4, -0.2) is 34.5 Å². The highest BCUT2D eigenvalue weighted by Crippen LogP contribution is 2.40. The summed E-state index contributed by atoms with van der Waals surface area (Å²) in [5, 5.41) is 0. The smallest absolute Gasteiger partial charge is 0.266 e. The zero-order chi connectivity index (χ0) is 17.3. The fraction of sp³-hybridized carbons (Fsp3) is 0.235. The Balaban J connectivity index is 2.02. The highest BCUT2D eigenvalue weighted by molar-refractivity contribution is 8.26. The SMILES string of the molecule is CCN1C(=O)/C(=C/C(C=O)=C2\Oc3ccccc3N2CC)SC1=S. The van der Waals surface area contributed by atoms with E-state index >= 15 is 0 Å². The van der Waals surface area contributed by atoms with Gasteiger partial charge in [0.05, 0.1) is 16.2 Å². The standard InChI is InChI=1S/C17H16N2O3S2/c1-3-18-12-7-5-6-8-13(12)22-16(18)11(10-20)9-14-15(21)19(4-2)17(23)24-14/h5-10H,3-4H2,1-2H3/b14-9-,16-11+. The number of hydrogen-bond acceptors (Lipinski definition) is 6. The number of rotatable bonds is 4. The van der Waals surface area contributed by atoms with Gasteiger partial charge in [0, 0.05) is 13.1 Å². The molecule has 1 saturated heterocycles. The van der Waals surface area contributed by atoms with Crippen molar-refractivity contribution in [1.82, 2.24) is 4.90 Å². The van der Waals surface area contributed by atoms with Gasteiger partial charge in [-0.3, -0.25) is 14.5 Å². The van der Waals surface area contributed by atoms with Crippen LogP contribution in [0.15, 0.2) is 46.7 Å². The van der Waals surface area contributed by atoms with Gasteiger partial charge in [-0.05, 0) is 32.1 Å². The van der Waals surface area contributed by atoms with E-state index in [2.05, 4.69) is 0 Å². The molecule has 0 saturated carbocycles. The summed E-state index contributed by atoms with van der Waals surface area (Å²) in [5.41, 5.74) is 1.23. The van der Waals surface area contributed by atoms with Gasteiger partial charge in [-0.25, -0.2) is 0 Å². The van der Waals surface area contributed by atoms with Crippen molar-refractivity contribution >= 4 is 46.2 Å². The molecule has 1 aromatic rings. The minimum absolute atomic E-state index is 0.175. The monoisotopic (exact) mass is 360 g/mol. The second-order valence-corrected chi connectivity index (χ2v) is 6.79. The van der Waals surface area contributed by atoms with Crippen molar-refractivity contribution in [3.8, 4) is 5.75 Å². The van der Waals surface area contributed by atoms with E-state index in [1.807, 2.05) is 43.0 Å². The van der Waals surface area contributed by atoms with Crippen LogP contribution in [0.3, 0.4) is 0 Å². The Morgan fingerprint density at radius 1 is 1.25 bits per heavy atom. The molecular weight excluding hydrogens is 344 g/mol. The van der Waals surface area contributed by atoms with Crippen LogP contribution in [0.2, 0.25) is 0 Å². The highest BCUT2D eigenvalue weighted by atomic mass is 32.2. The van der Waals surface area contributed by atoms with Gasteiger partial charge in [0.1, 0.15) is 4.32 Å². The summed E-state index contributed by atoms with van der Waals surface area (Å²) in [6.07, 6.45) is 2.27.